The Hall–Kier alpha value is -1.83. The molecular weight excluding hydrogens is 350 g/mol. The lowest BCUT2D eigenvalue weighted by atomic mass is 10.2. The van der Waals surface area contributed by atoms with Crippen molar-refractivity contribution in [1.82, 2.24) is 14.5 Å². The Balaban J connectivity index is 1.65. The van der Waals surface area contributed by atoms with Gasteiger partial charge in [0.1, 0.15) is 0 Å². The zero-order chi connectivity index (χ0) is 18.5. The maximum Gasteiger partial charge on any atom is 0.233 e. The molecule has 1 saturated heterocycles. The largest absolute Gasteiger partial charge is 0.390 e. The summed E-state index contributed by atoms with van der Waals surface area (Å²) in [6.45, 7) is 5.79. The average molecular weight is 375 g/mol. The second-order valence-corrected chi connectivity index (χ2v) is 7.57. The summed E-state index contributed by atoms with van der Waals surface area (Å²) >= 11 is 1.42. The first-order valence-electron chi connectivity index (χ1n) is 8.82. The average Bonchev–Trinajstić information content (AvgIpc) is 3.01. The van der Waals surface area contributed by atoms with Crippen molar-refractivity contribution in [2.24, 2.45) is 0 Å². The monoisotopic (exact) mass is 375 g/mol. The highest BCUT2D eigenvalue weighted by Gasteiger charge is 2.26. The zero-order valence-electron chi connectivity index (χ0n) is 15.2. The molecule has 1 aromatic carbocycles. The molecule has 1 N–H and O–H groups in total. The van der Waals surface area contributed by atoms with Crippen molar-refractivity contribution < 1.29 is 14.6 Å². The van der Waals surface area contributed by atoms with E-state index >= 15 is 0 Å². The van der Waals surface area contributed by atoms with Gasteiger partial charge < -0.3 is 19.3 Å². The molecule has 0 bridgehead atoms. The van der Waals surface area contributed by atoms with Crippen molar-refractivity contribution in [3.8, 4) is 0 Å². The van der Waals surface area contributed by atoms with E-state index in [0.29, 0.717) is 31.1 Å². The summed E-state index contributed by atoms with van der Waals surface area (Å²) in [6.07, 6.45) is 1.97. The predicted octanol–water partition coefficient (Wildman–Crippen LogP) is 2.15. The predicted molar refractivity (Wildman–Crippen MR) is 101 cm³/mol. The second kappa shape index (κ2) is 8.70. The molecule has 140 valence electrons. The summed E-state index contributed by atoms with van der Waals surface area (Å²) in [4.78, 5) is 18.9. The van der Waals surface area contributed by atoms with E-state index < -0.39 is 0 Å². The van der Waals surface area contributed by atoms with Crippen LogP contribution in [-0.2, 0) is 22.7 Å². The molecule has 7 heteroatoms. The Labute approximate surface area is 158 Å². The standard InChI is InChI=1S/C19H25N3O3S/c1-14-8-21(9-15(2)25-14)18(24)13-26-19-20-17(12-23)11-22(19)10-16-6-4-3-5-7-16/h3-7,11,14-15,23H,8-10,12-13H2,1-2H3/t14-,15+. The third-order valence-corrected chi connectivity index (χ3v) is 5.22. The Morgan fingerprint density at radius 2 is 1.96 bits per heavy atom. The molecule has 1 amide bonds. The van der Waals surface area contributed by atoms with Crippen molar-refractivity contribution in [3.63, 3.8) is 0 Å². The maximum atomic E-state index is 12.6. The Morgan fingerprint density at radius 3 is 2.62 bits per heavy atom. The molecule has 1 fully saturated rings. The van der Waals surface area contributed by atoms with Gasteiger partial charge in [-0.3, -0.25) is 4.79 Å². The van der Waals surface area contributed by atoms with Crippen LogP contribution in [0.3, 0.4) is 0 Å². The van der Waals surface area contributed by atoms with Gasteiger partial charge in [-0.05, 0) is 19.4 Å². The fourth-order valence-electron chi connectivity index (χ4n) is 3.13. The Bertz CT molecular complexity index is 725. The molecule has 1 aromatic heterocycles. The molecule has 0 saturated carbocycles. The first-order valence-corrected chi connectivity index (χ1v) is 9.80. The van der Waals surface area contributed by atoms with Gasteiger partial charge in [-0.1, -0.05) is 42.1 Å². The molecule has 2 aromatic rings. The van der Waals surface area contributed by atoms with Crippen LogP contribution in [0.2, 0.25) is 0 Å². The quantitative estimate of drug-likeness (QED) is 0.784. The molecular formula is C19H25N3O3S. The molecule has 3 rings (SSSR count). The second-order valence-electron chi connectivity index (χ2n) is 6.63. The highest BCUT2D eigenvalue weighted by Crippen LogP contribution is 2.21. The van der Waals surface area contributed by atoms with Crippen LogP contribution >= 0.6 is 11.8 Å². The van der Waals surface area contributed by atoms with Crippen LogP contribution in [0.4, 0.5) is 0 Å². The number of benzene rings is 1. The minimum Gasteiger partial charge on any atom is -0.390 e. The summed E-state index contributed by atoms with van der Waals surface area (Å²) in [5.41, 5.74) is 1.77. The minimum atomic E-state index is -0.109. The summed E-state index contributed by atoms with van der Waals surface area (Å²) in [7, 11) is 0. The lowest BCUT2D eigenvalue weighted by Gasteiger charge is -2.35. The first kappa shape index (κ1) is 18.9. The molecule has 0 unspecified atom stereocenters. The molecule has 2 atom stereocenters. The number of aliphatic hydroxyl groups excluding tert-OH is 1. The van der Waals surface area contributed by atoms with Crippen molar-refractivity contribution >= 4 is 17.7 Å². The van der Waals surface area contributed by atoms with Crippen molar-refractivity contribution in [1.29, 1.82) is 0 Å². The number of carbonyl (C=O) groups excluding carboxylic acids is 1. The normalized spacial score (nSPS) is 20.3. The lowest BCUT2D eigenvalue weighted by Crippen LogP contribution is -2.48. The molecule has 0 spiro atoms. The van der Waals surface area contributed by atoms with E-state index in [1.54, 1.807) is 0 Å². The van der Waals surface area contributed by atoms with Gasteiger partial charge in [0, 0.05) is 25.8 Å². The number of carbonyl (C=O) groups is 1. The van der Waals surface area contributed by atoms with E-state index in [4.69, 9.17) is 4.74 Å². The van der Waals surface area contributed by atoms with Gasteiger partial charge in [0.2, 0.25) is 5.91 Å². The SMILES string of the molecule is C[C@@H]1CN(C(=O)CSc2nc(CO)cn2Cc2ccccc2)C[C@H](C)O1. The summed E-state index contributed by atoms with van der Waals surface area (Å²) in [6, 6.07) is 10.1. The molecule has 1 aliphatic rings. The number of hydrogen-bond acceptors (Lipinski definition) is 5. The van der Waals surface area contributed by atoms with Gasteiger partial charge >= 0.3 is 0 Å². The van der Waals surface area contributed by atoms with Gasteiger partial charge in [-0.15, -0.1) is 0 Å². The van der Waals surface area contributed by atoms with Crippen LogP contribution < -0.4 is 0 Å². The Morgan fingerprint density at radius 1 is 1.27 bits per heavy atom. The highest BCUT2D eigenvalue weighted by atomic mass is 32.2. The van der Waals surface area contributed by atoms with Crippen LogP contribution in [0.5, 0.6) is 0 Å². The van der Waals surface area contributed by atoms with Gasteiger partial charge in [-0.25, -0.2) is 4.98 Å². The van der Waals surface area contributed by atoms with Crippen LogP contribution in [-0.4, -0.2) is 56.5 Å². The molecule has 26 heavy (non-hydrogen) atoms. The van der Waals surface area contributed by atoms with Gasteiger partial charge in [0.05, 0.1) is 30.3 Å². The maximum absolute atomic E-state index is 12.6. The number of hydrogen-bond donors (Lipinski definition) is 1. The topological polar surface area (TPSA) is 67.6 Å². The van der Waals surface area contributed by atoms with E-state index in [1.165, 1.54) is 11.8 Å². The number of aliphatic hydroxyl groups is 1. The number of imidazole rings is 1. The third kappa shape index (κ3) is 4.87. The summed E-state index contributed by atoms with van der Waals surface area (Å²) in [5.74, 6) is 0.424. The van der Waals surface area contributed by atoms with Crippen molar-refractivity contribution in [2.75, 3.05) is 18.8 Å². The van der Waals surface area contributed by atoms with Gasteiger partial charge in [0.25, 0.3) is 0 Å². The smallest absolute Gasteiger partial charge is 0.233 e. The van der Waals surface area contributed by atoms with Crippen molar-refractivity contribution in [2.45, 2.75) is 44.4 Å². The van der Waals surface area contributed by atoms with E-state index in [0.717, 1.165) is 10.7 Å². The van der Waals surface area contributed by atoms with E-state index in [1.807, 2.05) is 47.7 Å². The van der Waals surface area contributed by atoms with Crippen molar-refractivity contribution in [3.05, 3.63) is 47.8 Å². The molecule has 0 radical (unpaired) electrons. The zero-order valence-corrected chi connectivity index (χ0v) is 16.0. The van der Waals surface area contributed by atoms with Crippen LogP contribution in [0.1, 0.15) is 25.1 Å². The highest BCUT2D eigenvalue weighted by molar-refractivity contribution is 7.99. The number of aromatic nitrogens is 2. The molecule has 1 aliphatic heterocycles. The van der Waals surface area contributed by atoms with Crippen LogP contribution in [0.15, 0.2) is 41.7 Å². The van der Waals surface area contributed by atoms with Gasteiger partial charge in [-0.2, -0.15) is 0 Å². The lowest BCUT2D eigenvalue weighted by molar-refractivity contribution is -0.140. The Kier molecular flexibility index (Phi) is 6.34. The van der Waals surface area contributed by atoms with Crippen LogP contribution in [0.25, 0.3) is 0 Å². The molecule has 2 heterocycles. The summed E-state index contributed by atoms with van der Waals surface area (Å²) in [5, 5.41) is 10.2. The molecule has 0 aliphatic carbocycles. The van der Waals surface area contributed by atoms with E-state index in [2.05, 4.69) is 17.1 Å². The molecule has 6 nitrogen and oxygen atoms in total. The van der Waals surface area contributed by atoms with Crippen LogP contribution in [0, 0.1) is 0 Å². The number of ether oxygens (including phenoxy) is 1. The summed E-state index contributed by atoms with van der Waals surface area (Å²) < 4.78 is 7.68. The van der Waals surface area contributed by atoms with Gasteiger partial charge in [0.15, 0.2) is 5.16 Å². The fraction of sp³-hybridized carbons (Fsp3) is 0.474. The third-order valence-electron chi connectivity index (χ3n) is 4.24. The number of thioether (sulfide) groups is 1. The number of rotatable bonds is 6. The van der Waals surface area contributed by atoms with E-state index in [9.17, 15) is 9.90 Å². The fourth-order valence-corrected chi connectivity index (χ4v) is 4.03. The number of amides is 1. The number of morpholine rings is 1. The first-order chi connectivity index (χ1) is 12.5. The number of nitrogens with zero attached hydrogens (tertiary/aromatic N) is 3. The van der Waals surface area contributed by atoms with E-state index in [-0.39, 0.29) is 24.7 Å². The minimum absolute atomic E-state index is 0.0637.